The largest absolute Gasteiger partial charge is 0.461 e. The molecule has 0 aromatic carbocycles. The Morgan fingerprint density at radius 2 is 2.16 bits per heavy atom. The number of carbonyl (C=O) groups excluding carboxylic acids is 1. The molecule has 3 heterocycles. The molecular weight excluding hydrogens is 320 g/mol. The zero-order chi connectivity index (χ0) is 17.4. The highest BCUT2D eigenvalue weighted by molar-refractivity contribution is 5.90. The van der Waals surface area contributed by atoms with Crippen molar-refractivity contribution in [2.75, 3.05) is 6.54 Å². The van der Waals surface area contributed by atoms with E-state index in [0.29, 0.717) is 30.3 Å². The van der Waals surface area contributed by atoms with Crippen molar-refractivity contribution in [1.29, 1.82) is 0 Å². The Bertz CT molecular complexity index is 887. The summed E-state index contributed by atoms with van der Waals surface area (Å²) in [7, 11) is 0. The fraction of sp³-hybridized carbons (Fsp3) is 0.389. The molecule has 0 bridgehead atoms. The summed E-state index contributed by atoms with van der Waals surface area (Å²) in [6.07, 6.45) is 3.14. The molecule has 1 fully saturated rings. The lowest BCUT2D eigenvalue weighted by atomic mass is 10.0. The molecule has 0 aliphatic heterocycles. The van der Waals surface area contributed by atoms with Crippen LogP contribution in [0.25, 0.3) is 11.5 Å². The standard InChI is InChI=1S/C18H20N4O3/c1-12-10-13(2)22(20-12)8-7-19-17(23)18(5-6-18)16-11-15(25-21-16)14-4-3-9-24-14/h3-4,9-11H,5-8H2,1-2H3,(H,19,23). The highest BCUT2D eigenvalue weighted by Crippen LogP contribution is 2.48. The minimum atomic E-state index is -0.566. The molecule has 130 valence electrons. The van der Waals surface area contributed by atoms with Crippen LogP contribution in [-0.4, -0.2) is 27.4 Å². The van der Waals surface area contributed by atoms with Gasteiger partial charge in [0.25, 0.3) is 0 Å². The summed E-state index contributed by atoms with van der Waals surface area (Å²) >= 11 is 0. The Morgan fingerprint density at radius 1 is 1.32 bits per heavy atom. The van der Waals surface area contributed by atoms with Gasteiger partial charge in [-0.15, -0.1) is 0 Å². The maximum atomic E-state index is 12.7. The zero-order valence-corrected chi connectivity index (χ0v) is 14.3. The van der Waals surface area contributed by atoms with Crippen LogP contribution >= 0.6 is 0 Å². The second kappa shape index (κ2) is 5.91. The van der Waals surface area contributed by atoms with Crippen LogP contribution in [0.3, 0.4) is 0 Å². The topological polar surface area (TPSA) is 86.1 Å². The van der Waals surface area contributed by atoms with Gasteiger partial charge in [0.1, 0.15) is 0 Å². The van der Waals surface area contributed by atoms with E-state index in [1.54, 1.807) is 24.5 Å². The summed E-state index contributed by atoms with van der Waals surface area (Å²) in [6.45, 7) is 5.15. The molecule has 0 radical (unpaired) electrons. The van der Waals surface area contributed by atoms with Gasteiger partial charge in [0.05, 0.1) is 29.6 Å². The van der Waals surface area contributed by atoms with Crippen LogP contribution in [0, 0.1) is 13.8 Å². The minimum Gasteiger partial charge on any atom is -0.461 e. The number of carbonyl (C=O) groups is 1. The monoisotopic (exact) mass is 340 g/mol. The van der Waals surface area contributed by atoms with Crippen molar-refractivity contribution < 1.29 is 13.7 Å². The first-order valence-electron chi connectivity index (χ1n) is 8.39. The van der Waals surface area contributed by atoms with E-state index in [0.717, 1.165) is 24.2 Å². The Balaban J connectivity index is 1.40. The van der Waals surface area contributed by atoms with Crippen molar-refractivity contribution >= 4 is 5.91 Å². The van der Waals surface area contributed by atoms with E-state index < -0.39 is 5.41 Å². The third kappa shape index (κ3) is 2.86. The SMILES string of the molecule is Cc1cc(C)n(CCNC(=O)C2(c3cc(-c4ccco4)on3)CC2)n1. The van der Waals surface area contributed by atoms with Crippen LogP contribution in [-0.2, 0) is 16.8 Å². The first-order chi connectivity index (χ1) is 12.1. The van der Waals surface area contributed by atoms with Crippen molar-refractivity contribution in [3.8, 4) is 11.5 Å². The second-order valence-corrected chi connectivity index (χ2v) is 6.54. The van der Waals surface area contributed by atoms with Gasteiger partial charge in [0.2, 0.25) is 11.7 Å². The predicted molar refractivity (Wildman–Crippen MR) is 89.8 cm³/mol. The summed E-state index contributed by atoms with van der Waals surface area (Å²) in [6, 6.07) is 7.41. The fourth-order valence-electron chi connectivity index (χ4n) is 3.11. The molecule has 0 saturated heterocycles. The third-order valence-electron chi connectivity index (χ3n) is 4.66. The molecule has 1 saturated carbocycles. The summed E-state index contributed by atoms with van der Waals surface area (Å²) in [5.41, 5.74) is 2.18. The van der Waals surface area contributed by atoms with Gasteiger partial charge in [-0.3, -0.25) is 9.48 Å². The van der Waals surface area contributed by atoms with Gasteiger partial charge < -0.3 is 14.3 Å². The van der Waals surface area contributed by atoms with Crippen LogP contribution in [0.15, 0.2) is 39.5 Å². The summed E-state index contributed by atoms with van der Waals surface area (Å²) in [5.74, 6) is 1.15. The second-order valence-electron chi connectivity index (χ2n) is 6.54. The van der Waals surface area contributed by atoms with Crippen molar-refractivity contribution in [2.45, 2.75) is 38.6 Å². The maximum absolute atomic E-state index is 12.7. The Kier molecular flexibility index (Phi) is 3.71. The number of furan rings is 1. The number of hydrogen-bond donors (Lipinski definition) is 1. The van der Waals surface area contributed by atoms with Gasteiger partial charge in [-0.1, -0.05) is 5.16 Å². The van der Waals surface area contributed by atoms with Crippen LogP contribution in [0.5, 0.6) is 0 Å². The Hall–Kier alpha value is -2.83. The van der Waals surface area contributed by atoms with Crippen molar-refractivity contribution in [3.63, 3.8) is 0 Å². The molecule has 1 N–H and O–H groups in total. The van der Waals surface area contributed by atoms with Crippen molar-refractivity contribution in [2.24, 2.45) is 0 Å². The Labute approximate surface area is 145 Å². The maximum Gasteiger partial charge on any atom is 0.232 e. The van der Waals surface area contributed by atoms with Crippen LogP contribution in [0.1, 0.15) is 29.9 Å². The summed E-state index contributed by atoms with van der Waals surface area (Å²) in [5, 5.41) is 11.5. The molecule has 0 unspecified atom stereocenters. The third-order valence-corrected chi connectivity index (χ3v) is 4.66. The van der Waals surface area contributed by atoms with Crippen molar-refractivity contribution in [3.05, 3.63) is 47.6 Å². The van der Waals surface area contributed by atoms with Gasteiger partial charge >= 0.3 is 0 Å². The van der Waals surface area contributed by atoms with E-state index in [2.05, 4.69) is 15.6 Å². The molecule has 1 amide bonds. The average molecular weight is 340 g/mol. The molecule has 3 aromatic rings. The fourth-order valence-corrected chi connectivity index (χ4v) is 3.11. The normalized spacial score (nSPS) is 15.3. The van der Waals surface area contributed by atoms with E-state index in [1.807, 2.05) is 24.6 Å². The van der Waals surface area contributed by atoms with E-state index in [4.69, 9.17) is 8.94 Å². The van der Waals surface area contributed by atoms with Crippen LogP contribution < -0.4 is 5.32 Å². The highest BCUT2D eigenvalue weighted by Gasteiger charge is 2.53. The number of hydrogen-bond acceptors (Lipinski definition) is 5. The van der Waals surface area contributed by atoms with E-state index in [-0.39, 0.29) is 5.91 Å². The van der Waals surface area contributed by atoms with Gasteiger partial charge in [0, 0.05) is 18.3 Å². The number of nitrogens with one attached hydrogen (secondary N) is 1. The molecule has 0 atom stereocenters. The van der Waals surface area contributed by atoms with Crippen LogP contribution in [0.2, 0.25) is 0 Å². The van der Waals surface area contributed by atoms with E-state index in [1.165, 1.54) is 0 Å². The first-order valence-corrected chi connectivity index (χ1v) is 8.39. The summed E-state index contributed by atoms with van der Waals surface area (Å²) < 4.78 is 12.6. The molecule has 3 aromatic heterocycles. The van der Waals surface area contributed by atoms with Gasteiger partial charge in [-0.05, 0) is 44.9 Å². The molecule has 25 heavy (non-hydrogen) atoms. The molecule has 0 spiro atoms. The van der Waals surface area contributed by atoms with Crippen molar-refractivity contribution in [1.82, 2.24) is 20.3 Å². The molecule has 7 heteroatoms. The number of aromatic nitrogens is 3. The molecular formula is C18H20N4O3. The number of nitrogens with zero attached hydrogens (tertiary/aromatic N) is 3. The quantitative estimate of drug-likeness (QED) is 0.745. The van der Waals surface area contributed by atoms with E-state index in [9.17, 15) is 4.79 Å². The summed E-state index contributed by atoms with van der Waals surface area (Å²) in [4.78, 5) is 12.7. The smallest absolute Gasteiger partial charge is 0.232 e. The number of amides is 1. The minimum absolute atomic E-state index is 0.00618. The zero-order valence-electron chi connectivity index (χ0n) is 14.3. The number of rotatable bonds is 6. The first kappa shape index (κ1) is 15.7. The Morgan fingerprint density at radius 3 is 2.80 bits per heavy atom. The molecule has 4 rings (SSSR count). The lowest BCUT2D eigenvalue weighted by molar-refractivity contribution is -0.123. The molecule has 1 aliphatic rings. The van der Waals surface area contributed by atoms with Gasteiger partial charge in [0.15, 0.2) is 5.76 Å². The van der Waals surface area contributed by atoms with E-state index >= 15 is 0 Å². The van der Waals surface area contributed by atoms with Crippen LogP contribution in [0.4, 0.5) is 0 Å². The highest BCUT2D eigenvalue weighted by atomic mass is 16.5. The molecule has 7 nitrogen and oxygen atoms in total. The lowest BCUT2D eigenvalue weighted by Crippen LogP contribution is -2.37. The van der Waals surface area contributed by atoms with Gasteiger partial charge in [-0.25, -0.2) is 0 Å². The lowest BCUT2D eigenvalue weighted by Gasteiger charge is -2.12. The molecule has 1 aliphatic carbocycles. The number of aryl methyl sites for hydroxylation is 2. The van der Waals surface area contributed by atoms with Gasteiger partial charge in [-0.2, -0.15) is 5.10 Å². The predicted octanol–water partition coefficient (Wildman–Crippen LogP) is 2.60. The average Bonchev–Trinajstić information content (AvgIpc) is 2.96.